The Labute approximate surface area is 122 Å². The molecular formula is C13H16ClN3O3. The Morgan fingerprint density at radius 2 is 2.35 bits per heavy atom. The molecule has 3 rings (SSSR count). The zero-order valence-electron chi connectivity index (χ0n) is 11.0. The van der Waals surface area contributed by atoms with Crippen molar-refractivity contribution < 1.29 is 13.7 Å². The third kappa shape index (κ3) is 2.71. The number of hydrogen-bond donors (Lipinski definition) is 1. The van der Waals surface area contributed by atoms with Crippen molar-refractivity contribution in [1.29, 1.82) is 0 Å². The van der Waals surface area contributed by atoms with Crippen LogP contribution in [0, 0.1) is 0 Å². The molecule has 0 unspecified atom stereocenters. The Balaban J connectivity index is 0.00000147. The lowest BCUT2D eigenvalue weighted by Gasteiger charge is -2.33. The van der Waals surface area contributed by atoms with E-state index in [0.29, 0.717) is 23.8 Å². The molecule has 1 saturated heterocycles. The highest BCUT2D eigenvalue weighted by Crippen LogP contribution is 2.21. The van der Waals surface area contributed by atoms with Crippen LogP contribution in [0.1, 0.15) is 17.4 Å². The molecule has 0 saturated carbocycles. The molecule has 2 aromatic rings. The summed E-state index contributed by atoms with van der Waals surface area (Å²) in [7, 11) is 0. The molecule has 108 valence electrons. The lowest BCUT2D eigenvalue weighted by molar-refractivity contribution is 0.0645. The van der Waals surface area contributed by atoms with Crippen LogP contribution in [0.25, 0.3) is 11.5 Å². The van der Waals surface area contributed by atoms with E-state index in [4.69, 9.17) is 8.94 Å². The zero-order valence-corrected chi connectivity index (χ0v) is 11.9. The predicted octanol–water partition coefficient (Wildman–Crippen LogP) is 1.79. The molecular weight excluding hydrogens is 282 g/mol. The first-order valence-corrected chi connectivity index (χ1v) is 6.28. The molecule has 0 bridgehead atoms. The Morgan fingerprint density at radius 3 is 3.05 bits per heavy atom. The van der Waals surface area contributed by atoms with E-state index in [1.165, 1.54) is 0 Å². The van der Waals surface area contributed by atoms with Crippen LogP contribution in [0.4, 0.5) is 0 Å². The van der Waals surface area contributed by atoms with E-state index in [9.17, 15) is 4.79 Å². The summed E-state index contributed by atoms with van der Waals surface area (Å²) in [5.41, 5.74) is 0.320. The van der Waals surface area contributed by atoms with Crippen molar-refractivity contribution in [3.63, 3.8) is 0 Å². The van der Waals surface area contributed by atoms with Crippen molar-refractivity contribution in [2.75, 3.05) is 19.6 Å². The minimum atomic E-state index is -0.101. The van der Waals surface area contributed by atoms with Crippen molar-refractivity contribution in [2.45, 2.75) is 13.0 Å². The molecule has 3 heterocycles. The van der Waals surface area contributed by atoms with Crippen molar-refractivity contribution in [3.05, 3.63) is 30.2 Å². The first-order chi connectivity index (χ1) is 9.25. The van der Waals surface area contributed by atoms with Crippen molar-refractivity contribution in [3.8, 4) is 11.5 Å². The first kappa shape index (κ1) is 14.6. The van der Waals surface area contributed by atoms with Crippen LogP contribution in [-0.2, 0) is 0 Å². The third-order valence-electron chi connectivity index (χ3n) is 3.26. The van der Waals surface area contributed by atoms with Crippen LogP contribution in [0.2, 0.25) is 0 Å². The molecule has 0 radical (unpaired) electrons. The van der Waals surface area contributed by atoms with Gasteiger partial charge in [-0.2, -0.15) is 0 Å². The highest BCUT2D eigenvalue weighted by Gasteiger charge is 2.26. The number of aromatic nitrogens is 1. The van der Waals surface area contributed by atoms with Gasteiger partial charge in [-0.1, -0.05) is 5.16 Å². The Hall–Kier alpha value is -1.79. The van der Waals surface area contributed by atoms with Gasteiger partial charge >= 0.3 is 0 Å². The Kier molecular flexibility index (Phi) is 4.46. The summed E-state index contributed by atoms with van der Waals surface area (Å²) in [6.07, 6.45) is 1.55. The van der Waals surface area contributed by atoms with Crippen LogP contribution in [0.5, 0.6) is 0 Å². The maximum atomic E-state index is 12.3. The van der Waals surface area contributed by atoms with Crippen LogP contribution < -0.4 is 5.32 Å². The molecule has 0 aliphatic carbocycles. The van der Waals surface area contributed by atoms with Crippen molar-refractivity contribution in [1.82, 2.24) is 15.4 Å². The normalized spacial score (nSPS) is 18.6. The van der Waals surface area contributed by atoms with Gasteiger partial charge in [0.1, 0.15) is 0 Å². The average molecular weight is 298 g/mol. The van der Waals surface area contributed by atoms with Crippen molar-refractivity contribution in [2.24, 2.45) is 0 Å². The van der Waals surface area contributed by atoms with E-state index in [0.717, 1.165) is 13.1 Å². The fraction of sp³-hybridized carbons (Fsp3) is 0.385. The highest BCUT2D eigenvalue weighted by atomic mass is 35.5. The number of nitrogens with zero attached hydrogens (tertiary/aromatic N) is 2. The number of carbonyl (C=O) groups is 1. The van der Waals surface area contributed by atoms with E-state index >= 15 is 0 Å². The first-order valence-electron chi connectivity index (χ1n) is 6.28. The average Bonchev–Trinajstić information content (AvgIpc) is 3.09. The van der Waals surface area contributed by atoms with Gasteiger partial charge in [-0.15, -0.1) is 12.4 Å². The molecule has 1 amide bonds. The quantitative estimate of drug-likeness (QED) is 0.915. The summed E-state index contributed by atoms with van der Waals surface area (Å²) in [4.78, 5) is 14.1. The number of amides is 1. The number of halogens is 1. The summed E-state index contributed by atoms with van der Waals surface area (Å²) >= 11 is 0. The minimum absolute atomic E-state index is 0. The van der Waals surface area contributed by atoms with Gasteiger partial charge in [-0.3, -0.25) is 4.79 Å². The summed E-state index contributed by atoms with van der Waals surface area (Å²) < 4.78 is 10.4. The van der Waals surface area contributed by atoms with Crippen LogP contribution >= 0.6 is 12.4 Å². The lowest BCUT2D eigenvalue weighted by Crippen LogP contribution is -2.52. The van der Waals surface area contributed by atoms with E-state index in [1.54, 1.807) is 29.4 Å². The SMILES string of the molecule is C[C@H]1CNCCN1C(=O)c1cc(-c2ccco2)on1.Cl. The third-order valence-corrected chi connectivity index (χ3v) is 3.26. The molecule has 0 spiro atoms. The van der Waals surface area contributed by atoms with Crippen LogP contribution in [0.3, 0.4) is 0 Å². The number of piperazine rings is 1. The number of nitrogens with one attached hydrogen (secondary N) is 1. The van der Waals surface area contributed by atoms with Gasteiger partial charge in [-0.05, 0) is 19.1 Å². The van der Waals surface area contributed by atoms with Crippen LogP contribution in [0.15, 0.2) is 33.4 Å². The number of hydrogen-bond acceptors (Lipinski definition) is 5. The highest BCUT2D eigenvalue weighted by molar-refractivity contribution is 5.93. The molecule has 1 N–H and O–H groups in total. The summed E-state index contributed by atoms with van der Waals surface area (Å²) in [6.45, 7) is 4.30. The van der Waals surface area contributed by atoms with Crippen molar-refractivity contribution >= 4 is 18.3 Å². The molecule has 1 fully saturated rings. The van der Waals surface area contributed by atoms with Gasteiger partial charge in [0, 0.05) is 31.7 Å². The smallest absolute Gasteiger partial charge is 0.276 e. The zero-order chi connectivity index (χ0) is 13.2. The van der Waals surface area contributed by atoms with E-state index in [2.05, 4.69) is 10.5 Å². The summed E-state index contributed by atoms with van der Waals surface area (Å²) in [5.74, 6) is 0.937. The topological polar surface area (TPSA) is 71.5 Å². The van der Waals surface area contributed by atoms with Crippen LogP contribution in [-0.4, -0.2) is 41.6 Å². The maximum Gasteiger partial charge on any atom is 0.276 e. The van der Waals surface area contributed by atoms with Gasteiger partial charge in [0.25, 0.3) is 5.91 Å². The number of furan rings is 1. The molecule has 0 aromatic carbocycles. The standard InChI is InChI=1S/C13H15N3O3.ClH/c1-9-8-14-4-5-16(9)13(17)10-7-12(19-15-10)11-3-2-6-18-11;/h2-3,6-7,9,14H,4-5,8H2,1H3;1H/t9-;/m0./s1. The van der Waals surface area contributed by atoms with E-state index in [-0.39, 0.29) is 24.4 Å². The predicted molar refractivity (Wildman–Crippen MR) is 74.8 cm³/mol. The van der Waals surface area contributed by atoms with Gasteiger partial charge < -0.3 is 19.2 Å². The minimum Gasteiger partial charge on any atom is -0.461 e. The second-order valence-electron chi connectivity index (χ2n) is 4.61. The Bertz CT molecular complexity index is 567. The van der Waals surface area contributed by atoms with Gasteiger partial charge in [0.2, 0.25) is 5.76 Å². The fourth-order valence-corrected chi connectivity index (χ4v) is 2.20. The number of rotatable bonds is 2. The molecule has 2 aromatic heterocycles. The molecule has 6 nitrogen and oxygen atoms in total. The molecule has 7 heteroatoms. The second-order valence-corrected chi connectivity index (χ2v) is 4.61. The largest absolute Gasteiger partial charge is 0.461 e. The van der Waals surface area contributed by atoms with Gasteiger partial charge in [0.05, 0.1) is 6.26 Å². The number of carbonyl (C=O) groups excluding carboxylic acids is 1. The summed E-state index contributed by atoms with van der Waals surface area (Å²) in [6, 6.07) is 5.31. The molecule has 1 aliphatic heterocycles. The fourth-order valence-electron chi connectivity index (χ4n) is 2.20. The van der Waals surface area contributed by atoms with E-state index in [1.807, 2.05) is 6.92 Å². The molecule has 1 aliphatic rings. The monoisotopic (exact) mass is 297 g/mol. The van der Waals surface area contributed by atoms with Gasteiger partial charge in [0.15, 0.2) is 11.5 Å². The molecule has 1 atom stereocenters. The maximum absolute atomic E-state index is 12.3. The Morgan fingerprint density at radius 1 is 1.50 bits per heavy atom. The second kappa shape index (κ2) is 6.11. The molecule has 20 heavy (non-hydrogen) atoms. The van der Waals surface area contributed by atoms with Gasteiger partial charge in [-0.25, -0.2) is 0 Å². The lowest BCUT2D eigenvalue weighted by atomic mass is 10.2. The summed E-state index contributed by atoms with van der Waals surface area (Å²) in [5, 5.41) is 7.08. The van der Waals surface area contributed by atoms with E-state index < -0.39 is 0 Å².